The molecule has 0 fully saturated rings. The number of rotatable bonds is 3. The maximum atomic E-state index is 5.93. The Morgan fingerprint density at radius 3 is 2.80 bits per heavy atom. The molecule has 2 aromatic carbocycles. The Labute approximate surface area is 121 Å². The Morgan fingerprint density at radius 2 is 2.05 bits per heavy atom. The van der Waals surface area contributed by atoms with Gasteiger partial charge in [0.1, 0.15) is 5.75 Å². The van der Waals surface area contributed by atoms with Crippen molar-refractivity contribution in [1.82, 2.24) is 9.97 Å². The Morgan fingerprint density at radius 1 is 1.20 bits per heavy atom. The van der Waals surface area contributed by atoms with Crippen LogP contribution in [0.5, 0.6) is 5.75 Å². The first-order valence-electron chi connectivity index (χ1n) is 6.23. The van der Waals surface area contributed by atoms with Gasteiger partial charge in [-0.15, -0.1) is 0 Å². The number of nitrogens with two attached hydrogens (primary N) is 1. The van der Waals surface area contributed by atoms with Crippen LogP contribution in [-0.2, 0) is 0 Å². The zero-order chi connectivity index (χ0) is 14.1. The van der Waals surface area contributed by atoms with Crippen molar-refractivity contribution in [3.8, 4) is 5.75 Å². The summed E-state index contributed by atoms with van der Waals surface area (Å²) in [5.74, 6) is 0.817. The summed E-state index contributed by atoms with van der Waals surface area (Å²) in [4.78, 5) is 8.90. The number of hydrogen-bond acceptors (Lipinski definition) is 4. The summed E-state index contributed by atoms with van der Waals surface area (Å²) in [5.41, 5.74) is 9.70. The molecule has 0 bridgehead atoms. The molecule has 0 saturated carbocycles. The third-order valence-corrected chi connectivity index (χ3v) is 4.01. The molecule has 20 heavy (non-hydrogen) atoms. The van der Waals surface area contributed by atoms with Crippen LogP contribution in [0, 0.1) is 6.92 Å². The van der Waals surface area contributed by atoms with E-state index < -0.39 is 0 Å². The monoisotopic (exact) mass is 285 g/mol. The lowest BCUT2D eigenvalue weighted by Gasteiger charge is -2.02. The summed E-state index contributed by atoms with van der Waals surface area (Å²) < 4.78 is 5.21. The SMILES string of the molecule is COc1ccc2nc(Sc3ccc(C)c(N)c3)[nH]c2c1. The molecule has 3 N–H and O–H groups in total. The molecule has 5 heteroatoms. The van der Waals surface area contributed by atoms with Crippen molar-refractivity contribution in [2.75, 3.05) is 12.8 Å². The van der Waals surface area contributed by atoms with Crippen LogP contribution in [0.15, 0.2) is 46.5 Å². The van der Waals surface area contributed by atoms with E-state index in [0.717, 1.165) is 38.1 Å². The molecule has 0 aliphatic heterocycles. The number of nitrogens with one attached hydrogen (secondary N) is 1. The molecule has 0 aliphatic rings. The van der Waals surface area contributed by atoms with Crippen molar-refractivity contribution in [1.29, 1.82) is 0 Å². The number of methoxy groups -OCH3 is 1. The van der Waals surface area contributed by atoms with Gasteiger partial charge in [-0.1, -0.05) is 17.8 Å². The fraction of sp³-hybridized carbons (Fsp3) is 0.133. The Kier molecular flexibility index (Phi) is 3.28. The van der Waals surface area contributed by atoms with Gasteiger partial charge in [0.25, 0.3) is 0 Å². The van der Waals surface area contributed by atoms with E-state index in [1.165, 1.54) is 0 Å². The molecule has 4 nitrogen and oxygen atoms in total. The predicted molar refractivity (Wildman–Crippen MR) is 82.4 cm³/mol. The maximum absolute atomic E-state index is 5.93. The lowest BCUT2D eigenvalue weighted by atomic mass is 10.2. The number of anilines is 1. The highest BCUT2D eigenvalue weighted by Crippen LogP contribution is 2.30. The van der Waals surface area contributed by atoms with Crippen molar-refractivity contribution in [2.24, 2.45) is 0 Å². The van der Waals surface area contributed by atoms with Gasteiger partial charge >= 0.3 is 0 Å². The summed E-state index contributed by atoms with van der Waals surface area (Å²) in [6, 6.07) is 11.8. The first kappa shape index (κ1) is 12.9. The van der Waals surface area contributed by atoms with Crippen LogP contribution in [-0.4, -0.2) is 17.1 Å². The van der Waals surface area contributed by atoms with Crippen molar-refractivity contribution in [2.45, 2.75) is 17.0 Å². The zero-order valence-corrected chi connectivity index (χ0v) is 12.1. The predicted octanol–water partition coefficient (Wildman–Crippen LogP) is 3.61. The molecule has 1 aromatic heterocycles. The molecule has 0 spiro atoms. The van der Waals surface area contributed by atoms with Gasteiger partial charge in [0, 0.05) is 16.6 Å². The highest BCUT2D eigenvalue weighted by atomic mass is 32.2. The number of benzene rings is 2. The minimum atomic E-state index is 0.799. The second-order valence-corrected chi connectivity index (χ2v) is 5.61. The van der Waals surface area contributed by atoms with Gasteiger partial charge in [-0.2, -0.15) is 0 Å². The van der Waals surface area contributed by atoms with Crippen molar-refractivity contribution in [3.05, 3.63) is 42.0 Å². The second kappa shape index (κ2) is 5.09. The van der Waals surface area contributed by atoms with E-state index in [4.69, 9.17) is 10.5 Å². The van der Waals surface area contributed by atoms with E-state index in [1.807, 2.05) is 43.3 Å². The summed E-state index contributed by atoms with van der Waals surface area (Å²) in [5, 5.41) is 0.844. The van der Waals surface area contributed by atoms with Crippen LogP contribution < -0.4 is 10.5 Å². The standard InChI is InChI=1S/C15H15N3OS/c1-9-3-5-11(8-12(9)16)20-15-17-13-6-4-10(19-2)7-14(13)18-15/h3-8H,16H2,1-2H3,(H,17,18). The Balaban J connectivity index is 1.92. The van der Waals surface area contributed by atoms with Crippen LogP contribution in [0.2, 0.25) is 0 Å². The average Bonchev–Trinajstić information content (AvgIpc) is 2.84. The summed E-state index contributed by atoms with van der Waals surface area (Å²) in [6.45, 7) is 2.00. The number of fused-ring (bicyclic) bond motifs is 1. The first-order valence-corrected chi connectivity index (χ1v) is 7.05. The number of aromatic nitrogens is 2. The molecule has 102 valence electrons. The fourth-order valence-electron chi connectivity index (χ4n) is 1.93. The van der Waals surface area contributed by atoms with Crippen LogP contribution in [0.3, 0.4) is 0 Å². The Hall–Kier alpha value is -2.14. The smallest absolute Gasteiger partial charge is 0.171 e. The molecule has 0 amide bonds. The van der Waals surface area contributed by atoms with Gasteiger partial charge in [-0.05, 0) is 36.8 Å². The van der Waals surface area contributed by atoms with Gasteiger partial charge in [-0.3, -0.25) is 0 Å². The van der Waals surface area contributed by atoms with Crippen LogP contribution >= 0.6 is 11.8 Å². The molecule has 0 atom stereocenters. The number of nitrogens with zero attached hydrogens (tertiary/aromatic N) is 1. The summed E-state index contributed by atoms with van der Waals surface area (Å²) in [6.07, 6.45) is 0. The molecule has 3 rings (SSSR count). The van der Waals surface area contributed by atoms with Gasteiger partial charge in [0.05, 0.1) is 18.1 Å². The van der Waals surface area contributed by atoms with Gasteiger partial charge in [-0.25, -0.2) is 4.98 Å². The highest BCUT2D eigenvalue weighted by Gasteiger charge is 2.06. The third-order valence-electron chi connectivity index (χ3n) is 3.13. The van der Waals surface area contributed by atoms with Crippen LogP contribution in [0.25, 0.3) is 11.0 Å². The second-order valence-electron chi connectivity index (χ2n) is 4.55. The quantitative estimate of drug-likeness (QED) is 0.721. The van der Waals surface area contributed by atoms with Gasteiger partial charge in [0.15, 0.2) is 5.16 Å². The summed E-state index contributed by atoms with van der Waals surface area (Å²) in [7, 11) is 1.66. The number of imidazole rings is 1. The Bertz CT molecular complexity index is 767. The molecule has 0 saturated heterocycles. The van der Waals surface area contributed by atoms with Crippen molar-refractivity contribution >= 4 is 28.5 Å². The van der Waals surface area contributed by atoms with Gasteiger partial charge < -0.3 is 15.5 Å². The van der Waals surface area contributed by atoms with E-state index in [2.05, 4.69) is 9.97 Å². The number of hydrogen-bond donors (Lipinski definition) is 2. The number of aryl methyl sites for hydroxylation is 1. The minimum Gasteiger partial charge on any atom is -0.497 e. The van der Waals surface area contributed by atoms with E-state index in [1.54, 1.807) is 18.9 Å². The zero-order valence-electron chi connectivity index (χ0n) is 11.3. The third kappa shape index (κ3) is 2.44. The number of ether oxygens (including phenoxy) is 1. The minimum absolute atomic E-state index is 0.799. The molecule has 0 aliphatic carbocycles. The summed E-state index contributed by atoms with van der Waals surface area (Å²) >= 11 is 1.56. The molecule has 1 heterocycles. The average molecular weight is 285 g/mol. The number of aromatic amines is 1. The van der Waals surface area contributed by atoms with Crippen molar-refractivity contribution < 1.29 is 4.74 Å². The van der Waals surface area contributed by atoms with Crippen LogP contribution in [0.1, 0.15) is 5.56 Å². The number of nitrogen functional groups attached to an aromatic ring is 1. The molecule has 3 aromatic rings. The van der Waals surface area contributed by atoms with Crippen molar-refractivity contribution in [3.63, 3.8) is 0 Å². The molecule has 0 radical (unpaired) electrons. The topological polar surface area (TPSA) is 63.9 Å². The lowest BCUT2D eigenvalue weighted by Crippen LogP contribution is -1.89. The number of H-pyrrole nitrogens is 1. The lowest BCUT2D eigenvalue weighted by molar-refractivity contribution is 0.415. The fourth-order valence-corrected chi connectivity index (χ4v) is 2.78. The van der Waals surface area contributed by atoms with E-state index >= 15 is 0 Å². The normalized spacial score (nSPS) is 10.9. The molecular formula is C15H15N3OS. The van der Waals surface area contributed by atoms with E-state index in [-0.39, 0.29) is 0 Å². The molecule has 0 unspecified atom stereocenters. The van der Waals surface area contributed by atoms with Crippen LogP contribution in [0.4, 0.5) is 5.69 Å². The van der Waals surface area contributed by atoms with E-state index in [0.29, 0.717) is 0 Å². The molecular weight excluding hydrogens is 270 g/mol. The van der Waals surface area contributed by atoms with E-state index in [9.17, 15) is 0 Å². The highest BCUT2D eigenvalue weighted by molar-refractivity contribution is 7.99. The largest absolute Gasteiger partial charge is 0.497 e. The van der Waals surface area contributed by atoms with Gasteiger partial charge in [0.2, 0.25) is 0 Å². The first-order chi connectivity index (χ1) is 9.65. The maximum Gasteiger partial charge on any atom is 0.171 e.